The number of nitrogens with zero attached hydrogens (tertiary/aromatic N) is 1. The van der Waals surface area contributed by atoms with Crippen molar-refractivity contribution in [1.29, 1.82) is 0 Å². The van der Waals surface area contributed by atoms with Crippen molar-refractivity contribution in [3.05, 3.63) is 0 Å². The van der Waals surface area contributed by atoms with E-state index in [4.69, 9.17) is 4.74 Å². The van der Waals surface area contributed by atoms with Crippen LogP contribution in [0.4, 0.5) is 13.6 Å². The lowest BCUT2D eigenvalue weighted by atomic mass is 9.70. The zero-order valence-corrected chi connectivity index (χ0v) is 12.5. The van der Waals surface area contributed by atoms with Gasteiger partial charge in [-0.1, -0.05) is 0 Å². The van der Waals surface area contributed by atoms with E-state index >= 15 is 0 Å². The first-order valence-electron chi connectivity index (χ1n) is 7.22. The van der Waals surface area contributed by atoms with Crippen molar-refractivity contribution in [2.24, 2.45) is 5.41 Å². The van der Waals surface area contributed by atoms with Gasteiger partial charge < -0.3 is 15.0 Å². The van der Waals surface area contributed by atoms with E-state index in [0.29, 0.717) is 32.4 Å². The first-order chi connectivity index (χ1) is 9.15. The minimum atomic E-state index is -2.77. The highest BCUT2D eigenvalue weighted by Gasteiger charge is 2.56. The largest absolute Gasteiger partial charge is 0.444 e. The van der Waals surface area contributed by atoms with E-state index in [1.54, 1.807) is 20.8 Å². The van der Waals surface area contributed by atoms with Crippen LogP contribution in [-0.2, 0) is 4.74 Å². The standard InChI is InChI=1S/C14H24F2N2O2/c1-12(2,3)20-11(19)18-8-4-5-13(10-18)6-7-17-9-14(13,15)16/h17H,4-10H2,1-3H3. The summed E-state index contributed by atoms with van der Waals surface area (Å²) < 4.78 is 33.9. The van der Waals surface area contributed by atoms with Gasteiger partial charge in [0.15, 0.2) is 0 Å². The second-order valence-electron chi connectivity index (χ2n) is 6.92. The molecule has 0 aromatic carbocycles. The number of ether oxygens (including phenoxy) is 1. The van der Waals surface area contributed by atoms with Gasteiger partial charge in [-0.2, -0.15) is 0 Å². The van der Waals surface area contributed by atoms with Crippen molar-refractivity contribution in [3.63, 3.8) is 0 Å². The van der Waals surface area contributed by atoms with Crippen LogP contribution in [0.1, 0.15) is 40.0 Å². The van der Waals surface area contributed by atoms with Gasteiger partial charge in [0, 0.05) is 13.1 Å². The molecule has 2 saturated heterocycles. The SMILES string of the molecule is CC(C)(C)OC(=O)N1CCCC2(CCNCC2(F)F)C1. The molecule has 2 fully saturated rings. The molecular weight excluding hydrogens is 266 g/mol. The summed E-state index contributed by atoms with van der Waals surface area (Å²) in [6.07, 6.45) is 1.00. The molecule has 2 aliphatic rings. The molecule has 0 bridgehead atoms. The van der Waals surface area contributed by atoms with E-state index in [1.165, 1.54) is 4.90 Å². The van der Waals surface area contributed by atoms with Crippen molar-refractivity contribution < 1.29 is 18.3 Å². The molecule has 2 heterocycles. The molecule has 0 saturated carbocycles. The fourth-order valence-electron chi connectivity index (χ4n) is 3.06. The van der Waals surface area contributed by atoms with Crippen molar-refractivity contribution in [2.75, 3.05) is 26.2 Å². The number of piperidine rings is 2. The third-order valence-corrected chi connectivity index (χ3v) is 4.13. The summed E-state index contributed by atoms with van der Waals surface area (Å²) in [6.45, 7) is 6.22. The number of halogens is 2. The van der Waals surface area contributed by atoms with Gasteiger partial charge >= 0.3 is 6.09 Å². The van der Waals surface area contributed by atoms with E-state index in [-0.39, 0.29) is 13.1 Å². The van der Waals surface area contributed by atoms with Gasteiger partial charge in [0.05, 0.1) is 12.0 Å². The first-order valence-corrected chi connectivity index (χ1v) is 7.22. The molecule has 0 radical (unpaired) electrons. The van der Waals surface area contributed by atoms with Crippen LogP contribution in [0.3, 0.4) is 0 Å². The smallest absolute Gasteiger partial charge is 0.410 e. The minimum Gasteiger partial charge on any atom is -0.444 e. The molecule has 1 unspecified atom stereocenters. The molecule has 4 nitrogen and oxygen atoms in total. The molecule has 2 rings (SSSR count). The van der Waals surface area contributed by atoms with Gasteiger partial charge in [-0.25, -0.2) is 13.6 Å². The molecule has 2 aliphatic heterocycles. The number of rotatable bonds is 0. The third-order valence-electron chi connectivity index (χ3n) is 4.13. The fourth-order valence-corrected chi connectivity index (χ4v) is 3.06. The Morgan fingerprint density at radius 1 is 1.30 bits per heavy atom. The Morgan fingerprint density at radius 3 is 2.60 bits per heavy atom. The molecule has 1 N–H and O–H groups in total. The van der Waals surface area contributed by atoms with Gasteiger partial charge in [-0.05, 0) is 46.6 Å². The molecule has 0 aromatic heterocycles. The van der Waals surface area contributed by atoms with Crippen molar-refractivity contribution in [1.82, 2.24) is 10.2 Å². The lowest BCUT2D eigenvalue weighted by molar-refractivity contribution is -0.162. The number of hydrogen-bond acceptors (Lipinski definition) is 3. The Hall–Kier alpha value is -0.910. The van der Waals surface area contributed by atoms with E-state index in [2.05, 4.69) is 5.32 Å². The summed E-state index contributed by atoms with van der Waals surface area (Å²) >= 11 is 0. The Morgan fingerprint density at radius 2 is 2.00 bits per heavy atom. The molecule has 0 aromatic rings. The summed E-state index contributed by atoms with van der Waals surface area (Å²) in [7, 11) is 0. The maximum absolute atomic E-state index is 14.3. The van der Waals surface area contributed by atoms with Gasteiger partial charge in [0.1, 0.15) is 5.60 Å². The average molecular weight is 290 g/mol. The van der Waals surface area contributed by atoms with Crippen LogP contribution in [-0.4, -0.2) is 48.7 Å². The summed E-state index contributed by atoms with van der Waals surface area (Å²) in [6, 6.07) is 0. The Balaban J connectivity index is 2.10. The number of amides is 1. The van der Waals surface area contributed by atoms with E-state index in [0.717, 1.165) is 0 Å². The highest BCUT2D eigenvalue weighted by atomic mass is 19.3. The molecule has 20 heavy (non-hydrogen) atoms. The van der Waals surface area contributed by atoms with Crippen LogP contribution < -0.4 is 5.32 Å². The lowest BCUT2D eigenvalue weighted by Crippen LogP contribution is -2.61. The van der Waals surface area contributed by atoms with Crippen LogP contribution in [0.25, 0.3) is 0 Å². The second kappa shape index (κ2) is 5.13. The van der Waals surface area contributed by atoms with Gasteiger partial charge in [-0.3, -0.25) is 0 Å². The van der Waals surface area contributed by atoms with E-state index < -0.39 is 23.0 Å². The highest BCUT2D eigenvalue weighted by molar-refractivity contribution is 5.68. The summed E-state index contributed by atoms with van der Waals surface area (Å²) in [5, 5.41) is 2.74. The predicted octanol–water partition coefficient (Wildman–Crippen LogP) is 2.63. The van der Waals surface area contributed by atoms with Crippen LogP contribution in [0.2, 0.25) is 0 Å². The molecule has 6 heteroatoms. The fraction of sp³-hybridized carbons (Fsp3) is 0.929. The molecule has 0 aliphatic carbocycles. The Bertz CT molecular complexity index is 378. The number of likely N-dealkylation sites (tertiary alicyclic amines) is 1. The topological polar surface area (TPSA) is 41.6 Å². The van der Waals surface area contributed by atoms with Gasteiger partial charge in [-0.15, -0.1) is 0 Å². The van der Waals surface area contributed by atoms with Gasteiger partial charge in [0.25, 0.3) is 5.92 Å². The van der Waals surface area contributed by atoms with Crippen LogP contribution in [0.15, 0.2) is 0 Å². The maximum atomic E-state index is 14.3. The number of carbonyl (C=O) groups is 1. The first kappa shape index (κ1) is 15.5. The van der Waals surface area contributed by atoms with E-state index in [9.17, 15) is 13.6 Å². The normalized spacial score (nSPS) is 30.4. The van der Waals surface area contributed by atoms with Crippen molar-refractivity contribution >= 4 is 6.09 Å². The number of carbonyl (C=O) groups excluding carboxylic acids is 1. The molecule has 1 atom stereocenters. The Labute approximate surface area is 118 Å². The third kappa shape index (κ3) is 3.05. The van der Waals surface area contributed by atoms with Crippen molar-refractivity contribution in [2.45, 2.75) is 51.6 Å². The minimum absolute atomic E-state index is 0.0938. The second-order valence-corrected chi connectivity index (χ2v) is 6.92. The predicted molar refractivity (Wildman–Crippen MR) is 71.9 cm³/mol. The molecule has 116 valence electrons. The zero-order chi connectivity index (χ0) is 15.0. The molecule has 1 amide bonds. The summed E-state index contributed by atoms with van der Waals surface area (Å²) in [5.74, 6) is -2.77. The molecular formula is C14H24F2N2O2. The number of hydrogen-bond donors (Lipinski definition) is 1. The quantitative estimate of drug-likeness (QED) is 0.745. The van der Waals surface area contributed by atoms with Crippen LogP contribution in [0, 0.1) is 5.41 Å². The Kier molecular flexibility index (Phi) is 3.97. The lowest BCUT2D eigenvalue weighted by Gasteiger charge is -2.49. The van der Waals surface area contributed by atoms with E-state index in [1.807, 2.05) is 0 Å². The van der Waals surface area contributed by atoms with Crippen LogP contribution >= 0.6 is 0 Å². The highest BCUT2D eigenvalue weighted by Crippen LogP contribution is 2.47. The number of alkyl halides is 2. The number of nitrogens with one attached hydrogen (secondary N) is 1. The maximum Gasteiger partial charge on any atom is 0.410 e. The molecule has 1 spiro atoms. The zero-order valence-electron chi connectivity index (χ0n) is 12.5. The summed E-state index contributed by atoms with van der Waals surface area (Å²) in [4.78, 5) is 13.5. The van der Waals surface area contributed by atoms with Gasteiger partial charge in [0.2, 0.25) is 0 Å². The van der Waals surface area contributed by atoms with Crippen molar-refractivity contribution in [3.8, 4) is 0 Å². The average Bonchev–Trinajstić information content (AvgIpc) is 2.31. The summed E-state index contributed by atoms with van der Waals surface area (Å²) in [5.41, 5.74) is -1.69. The van der Waals surface area contributed by atoms with Crippen LogP contribution in [0.5, 0.6) is 0 Å². The monoisotopic (exact) mass is 290 g/mol.